The van der Waals surface area contributed by atoms with E-state index in [2.05, 4.69) is 41.1 Å². The minimum atomic E-state index is -0.148. The van der Waals surface area contributed by atoms with Gasteiger partial charge in [-0.2, -0.15) is 4.98 Å². The Kier molecular flexibility index (Phi) is 4.05. The van der Waals surface area contributed by atoms with Gasteiger partial charge in [0.05, 0.1) is 0 Å². The van der Waals surface area contributed by atoms with Crippen molar-refractivity contribution in [2.24, 2.45) is 0 Å². The van der Waals surface area contributed by atoms with Crippen molar-refractivity contribution in [3.8, 4) is 0 Å². The van der Waals surface area contributed by atoms with Crippen LogP contribution in [0.15, 0.2) is 16.7 Å². The highest BCUT2D eigenvalue weighted by atomic mass is 16.5. The molecule has 26 heavy (non-hydrogen) atoms. The molecule has 0 saturated carbocycles. The smallest absolute Gasteiger partial charge is 0.271 e. The van der Waals surface area contributed by atoms with Crippen molar-refractivity contribution < 1.29 is 9.32 Å². The number of aryl methyl sites for hydroxylation is 4. The monoisotopic (exact) mass is 352 g/mol. The van der Waals surface area contributed by atoms with Gasteiger partial charge in [-0.3, -0.25) is 4.79 Å². The van der Waals surface area contributed by atoms with Gasteiger partial charge in [0, 0.05) is 17.4 Å². The predicted molar refractivity (Wildman–Crippen MR) is 99.2 cm³/mol. The first kappa shape index (κ1) is 16.8. The van der Waals surface area contributed by atoms with Gasteiger partial charge in [0.1, 0.15) is 11.7 Å². The van der Waals surface area contributed by atoms with E-state index in [1.54, 1.807) is 6.92 Å². The Labute approximate surface area is 152 Å². The summed E-state index contributed by atoms with van der Waals surface area (Å²) in [5, 5.41) is 5.05. The highest BCUT2D eigenvalue weighted by molar-refractivity contribution is 6.02. The van der Waals surface area contributed by atoms with E-state index in [1.807, 2.05) is 11.8 Å². The molecule has 0 spiro atoms. The highest BCUT2D eigenvalue weighted by Crippen LogP contribution is 2.34. The summed E-state index contributed by atoms with van der Waals surface area (Å²) in [7, 11) is 0. The number of nitrogens with one attached hydrogen (secondary N) is 1. The van der Waals surface area contributed by atoms with E-state index in [1.165, 1.54) is 5.56 Å². The van der Waals surface area contributed by atoms with Crippen LogP contribution in [0.3, 0.4) is 0 Å². The summed E-state index contributed by atoms with van der Waals surface area (Å²) in [6, 6.07) is 4.05. The van der Waals surface area contributed by atoms with Crippen molar-refractivity contribution in [3.63, 3.8) is 0 Å². The SMILES string of the molecule is Cc1noc([C@@H]2CCCCN2C(=O)c2[nH]c3c(C)ccc(C)c3c2C)n1. The molecule has 0 aliphatic carbocycles. The van der Waals surface area contributed by atoms with Gasteiger partial charge in [0.15, 0.2) is 5.82 Å². The largest absolute Gasteiger partial charge is 0.350 e. The fraction of sp³-hybridized carbons (Fsp3) is 0.450. The summed E-state index contributed by atoms with van der Waals surface area (Å²) in [4.78, 5) is 23.1. The quantitative estimate of drug-likeness (QED) is 0.752. The standard InChI is InChI=1S/C20H24N4O2/c1-11-8-9-12(2)17-16(11)13(3)18(22-17)20(25)24-10-6-5-7-15(24)19-21-14(4)23-26-19/h8-9,15,22H,5-7,10H2,1-4H3/t15-/m0/s1. The Balaban J connectivity index is 1.76. The molecule has 3 heterocycles. The van der Waals surface area contributed by atoms with Crippen molar-refractivity contribution in [1.29, 1.82) is 0 Å². The number of aromatic amines is 1. The molecule has 1 aliphatic rings. The van der Waals surface area contributed by atoms with Gasteiger partial charge in [-0.25, -0.2) is 0 Å². The molecule has 1 N–H and O–H groups in total. The van der Waals surface area contributed by atoms with Crippen LogP contribution in [-0.4, -0.2) is 32.5 Å². The molecular weight excluding hydrogens is 328 g/mol. The number of H-pyrrole nitrogens is 1. The molecule has 0 radical (unpaired) electrons. The maximum atomic E-state index is 13.4. The minimum absolute atomic E-state index is 0.0121. The second-order valence-corrected chi connectivity index (χ2v) is 7.26. The Bertz CT molecular complexity index is 985. The van der Waals surface area contributed by atoms with Crippen molar-refractivity contribution in [2.75, 3.05) is 6.54 Å². The number of nitrogens with zero attached hydrogens (tertiary/aromatic N) is 3. The Morgan fingerprint density at radius 1 is 1.19 bits per heavy atom. The zero-order valence-corrected chi connectivity index (χ0v) is 15.7. The number of aromatic nitrogens is 3. The van der Waals surface area contributed by atoms with Crippen LogP contribution in [0.5, 0.6) is 0 Å². The molecule has 1 saturated heterocycles. The topological polar surface area (TPSA) is 75.0 Å². The third-order valence-electron chi connectivity index (χ3n) is 5.43. The molecule has 2 aromatic heterocycles. The fourth-order valence-electron chi connectivity index (χ4n) is 4.04. The highest BCUT2D eigenvalue weighted by Gasteiger charge is 2.34. The Hall–Kier alpha value is -2.63. The maximum absolute atomic E-state index is 13.4. The van der Waals surface area contributed by atoms with Crippen LogP contribution in [0.25, 0.3) is 10.9 Å². The van der Waals surface area contributed by atoms with Gasteiger partial charge >= 0.3 is 0 Å². The lowest BCUT2D eigenvalue weighted by molar-refractivity contribution is 0.0555. The van der Waals surface area contributed by atoms with E-state index in [-0.39, 0.29) is 11.9 Å². The van der Waals surface area contributed by atoms with E-state index in [0.717, 1.165) is 41.3 Å². The number of hydrogen-bond donors (Lipinski definition) is 1. The van der Waals surface area contributed by atoms with Gasteiger partial charge in [-0.05, 0) is 63.6 Å². The van der Waals surface area contributed by atoms with Crippen LogP contribution in [0.4, 0.5) is 0 Å². The third-order valence-corrected chi connectivity index (χ3v) is 5.43. The number of likely N-dealkylation sites (tertiary alicyclic amines) is 1. The first-order valence-corrected chi connectivity index (χ1v) is 9.17. The average Bonchev–Trinajstić information content (AvgIpc) is 3.22. The van der Waals surface area contributed by atoms with E-state index < -0.39 is 0 Å². The van der Waals surface area contributed by atoms with Crippen LogP contribution in [0.1, 0.15) is 64.2 Å². The molecule has 4 rings (SSSR count). The molecule has 3 aromatic rings. The van der Waals surface area contributed by atoms with E-state index in [4.69, 9.17) is 4.52 Å². The number of hydrogen-bond acceptors (Lipinski definition) is 4. The normalized spacial score (nSPS) is 17.8. The number of amides is 1. The number of fused-ring (bicyclic) bond motifs is 1. The van der Waals surface area contributed by atoms with Crippen LogP contribution in [0.2, 0.25) is 0 Å². The van der Waals surface area contributed by atoms with E-state index in [0.29, 0.717) is 24.0 Å². The van der Waals surface area contributed by atoms with Gasteiger partial charge in [0.2, 0.25) is 5.89 Å². The number of rotatable bonds is 2. The molecular formula is C20H24N4O2. The van der Waals surface area contributed by atoms with Crippen LogP contribution in [-0.2, 0) is 0 Å². The maximum Gasteiger partial charge on any atom is 0.271 e. The Morgan fingerprint density at radius 2 is 1.96 bits per heavy atom. The average molecular weight is 352 g/mol. The molecule has 136 valence electrons. The van der Waals surface area contributed by atoms with Crippen molar-refractivity contribution >= 4 is 16.8 Å². The van der Waals surface area contributed by atoms with Crippen molar-refractivity contribution in [3.05, 3.63) is 46.2 Å². The lowest BCUT2D eigenvalue weighted by Gasteiger charge is -2.33. The van der Waals surface area contributed by atoms with E-state index in [9.17, 15) is 4.79 Å². The fourth-order valence-corrected chi connectivity index (χ4v) is 4.04. The molecule has 6 nitrogen and oxygen atoms in total. The molecule has 0 bridgehead atoms. The summed E-state index contributed by atoms with van der Waals surface area (Å²) < 4.78 is 5.38. The third kappa shape index (κ3) is 2.60. The number of piperidine rings is 1. The summed E-state index contributed by atoms with van der Waals surface area (Å²) in [6.45, 7) is 8.68. The molecule has 1 atom stereocenters. The van der Waals surface area contributed by atoms with Crippen LogP contribution < -0.4 is 0 Å². The molecule has 1 aliphatic heterocycles. The zero-order chi connectivity index (χ0) is 18.4. The summed E-state index contributed by atoms with van der Waals surface area (Å²) in [5.74, 6) is 1.15. The summed E-state index contributed by atoms with van der Waals surface area (Å²) in [6.07, 6.45) is 2.90. The Morgan fingerprint density at radius 3 is 2.65 bits per heavy atom. The second-order valence-electron chi connectivity index (χ2n) is 7.26. The molecule has 1 aromatic carbocycles. The van der Waals surface area contributed by atoms with Gasteiger partial charge in [-0.1, -0.05) is 17.3 Å². The summed E-state index contributed by atoms with van der Waals surface area (Å²) >= 11 is 0. The molecule has 1 fully saturated rings. The van der Waals surface area contributed by atoms with Gasteiger partial charge in [-0.15, -0.1) is 0 Å². The molecule has 1 amide bonds. The summed E-state index contributed by atoms with van der Waals surface area (Å²) in [5.41, 5.74) is 5.06. The van der Waals surface area contributed by atoms with E-state index >= 15 is 0 Å². The second kappa shape index (κ2) is 6.27. The minimum Gasteiger partial charge on any atom is -0.350 e. The van der Waals surface area contributed by atoms with Gasteiger partial charge < -0.3 is 14.4 Å². The zero-order valence-electron chi connectivity index (χ0n) is 15.7. The first-order chi connectivity index (χ1) is 12.5. The van der Waals surface area contributed by atoms with Crippen LogP contribution in [0, 0.1) is 27.7 Å². The molecule has 6 heteroatoms. The number of benzene rings is 1. The lowest BCUT2D eigenvalue weighted by Crippen LogP contribution is -2.39. The lowest BCUT2D eigenvalue weighted by atomic mass is 10.00. The van der Waals surface area contributed by atoms with Crippen molar-refractivity contribution in [1.82, 2.24) is 20.0 Å². The van der Waals surface area contributed by atoms with Gasteiger partial charge in [0.25, 0.3) is 5.91 Å². The first-order valence-electron chi connectivity index (χ1n) is 9.17. The predicted octanol–water partition coefficient (Wildman–Crippen LogP) is 4.15. The number of carbonyl (C=O) groups is 1. The van der Waals surface area contributed by atoms with Crippen LogP contribution >= 0.6 is 0 Å². The van der Waals surface area contributed by atoms with Crippen molar-refractivity contribution in [2.45, 2.75) is 53.0 Å². The number of carbonyl (C=O) groups excluding carboxylic acids is 1. The molecule has 0 unspecified atom stereocenters.